The lowest BCUT2D eigenvalue weighted by molar-refractivity contribution is 0.719. The molecule has 0 heterocycles. The minimum absolute atomic E-state index is 1.09. The van der Waals surface area contributed by atoms with Gasteiger partial charge in [-0.1, -0.05) is 69.7 Å². The van der Waals surface area contributed by atoms with Gasteiger partial charge in [-0.3, -0.25) is 0 Å². The van der Waals surface area contributed by atoms with Gasteiger partial charge in [0.15, 0.2) is 0 Å². The molecule has 0 radical (unpaired) electrons. The van der Waals surface area contributed by atoms with Gasteiger partial charge >= 0.3 is 0 Å². The molecule has 0 spiro atoms. The normalized spacial score (nSPS) is 14.2. The van der Waals surface area contributed by atoms with E-state index >= 15 is 0 Å². The number of rotatable bonds is 9. The minimum atomic E-state index is 1.09. The van der Waals surface area contributed by atoms with Gasteiger partial charge in [0.05, 0.1) is 0 Å². The average molecular weight is 258 g/mol. The standard InChI is InChI=1S/C19H30/c1-6-9-11-13-17(4)18(5)15-16-19(8-3)14-12-10-7-2/h8-9,11,13,15-16H,3,6-7,10,12,14H2,1-2,4-5H3/b11-9-,17-13+,18-15+,19-16+. The largest absolute Gasteiger partial charge is 0.0988 e. The molecule has 0 fully saturated rings. The van der Waals surface area contributed by atoms with Crippen molar-refractivity contribution in [1.29, 1.82) is 0 Å². The Hall–Kier alpha value is -1.30. The fourth-order valence-corrected chi connectivity index (χ4v) is 1.68. The van der Waals surface area contributed by atoms with E-state index in [0.29, 0.717) is 0 Å². The Morgan fingerprint density at radius 1 is 0.947 bits per heavy atom. The molecule has 0 aliphatic carbocycles. The molecule has 0 atom stereocenters. The molecule has 19 heavy (non-hydrogen) atoms. The maximum atomic E-state index is 3.90. The summed E-state index contributed by atoms with van der Waals surface area (Å²) >= 11 is 0. The molecule has 0 rings (SSSR count). The first-order valence-electron chi connectivity index (χ1n) is 7.49. The molecule has 0 amide bonds. The Bertz CT molecular complexity index is 361. The maximum absolute atomic E-state index is 3.90. The lowest BCUT2D eigenvalue weighted by Crippen LogP contribution is -1.82. The highest BCUT2D eigenvalue weighted by atomic mass is 14.0. The molecular weight excluding hydrogens is 228 g/mol. The van der Waals surface area contributed by atoms with Crippen LogP contribution in [-0.2, 0) is 0 Å². The van der Waals surface area contributed by atoms with Gasteiger partial charge in [0.2, 0.25) is 0 Å². The van der Waals surface area contributed by atoms with Crippen molar-refractivity contribution in [3.63, 3.8) is 0 Å². The van der Waals surface area contributed by atoms with E-state index in [-0.39, 0.29) is 0 Å². The fraction of sp³-hybridized carbons (Fsp3) is 0.474. The van der Waals surface area contributed by atoms with Crippen LogP contribution in [0.1, 0.15) is 59.8 Å². The van der Waals surface area contributed by atoms with Crippen molar-refractivity contribution in [3.8, 4) is 0 Å². The van der Waals surface area contributed by atoms with Gasteiger partial charge in [0.25, 0.3) is 0 Å². The van der Waals surface area contributed by atoms with E-state index in [1.807, 2.05) is 6.08 Å². The second-order valence-electron chi connectivity index (χ2n) is 4.94. The summed E-state index contributed by atoms with van der Waals surface area (Å²) < 4.78 is 0. The monoisotopic (exact) mass is 258 g/mol. The summed E-state index contributed by atoms with van der Waals surface area (Å²) in [6, 6.07) is 0. The Kier molecular flexibility index (Phi) is 11.0. The third-order valence-electron chi connectivity index (χ3n) is 3.22. The number of hydrogen-bond donors (Lipinski definition) is 0. The second-order valence-corrected chi connectivity index (χ2v) is 4.94. The van der Waals surface area contributed by atoms with E-state index in [1.54, 1.807) is 0 Å². The first-order valence-corrected chi connectivity index (χ1v) is 7.49. The Balaban J connectivity index is 4.58. The quantitative estimate of drug-likeness (QED) is 0.325. The van der Waals surface area contributed by atoms with E-state index in [9.17, 15) is 0 Å². The lowest BCUT2D eigenvalue weighted by atomic mass is 10.0. The molecule has 0 saturated heterocycles. The molecule has 0 aromatic carbocycles. The Morgan fingerprint density at radius 3 is 2.21 bits per heavy atom. The van der Waals surface area contributed by atoms with Gasteiger partial charge in [0.1, 0.15) is 0 Å². The van der Waals surface area contributed by atoms with Crippen LogP contribution in [0.3, 0.4) is 0 Å². The summed E-state index contributed by atoms with van der Waals surface area (Å²) in [5, 5.41) is 0. The summed E-state index contributed by atoms with van der Waals surface area (Å²) in [6.07, 6.45) is 18.9. The second kappa shape index (κ2) is 11.8. The molecule has 0 nitrogen and oxygen atoms in total. The number of unbranched alkanes of at least 4 members (excludes halogenated alkanes) is 2. The van der Waals surface area contributed by atoms with Crippen molar-refractivity contribution in [3.05, 3.63) is 59.8 Å². The highest BCUT2D eigenvalue weighted by Crippen LogP contribution is 2.13. The zero-order valence-corrected chi connectivity index (χ0v) is 13.2. The van der Waals surface area contributed by atoms with Crippen LogP contribution in [0.2, 0.25) is 0 Å². The molecule has 0 saturated carbocycles. The molecular formula is C19H30. The van der Waals surface area contributed by atoms with Gasteiger partial charge in [-0.15, -0.1) is 0 Å². The van der Waals surface area contributed by atoms with Crippen molar-refractivity contribution in [2.45, 2.75) is 59.8 Å². The van der Waals surface area contributed by atoms with Gasteiger partial charge in [-0.25, -0.2) is 0 Å². The third kappa shape index (κ3) is 9.30. The van der Waals surface area contributed by atoms with Crippen molar-refractivity contribution in [2.75, 3.05) is 0 Å². The SMILES string of the molecule is C=C\C(=C/C=C(C)/C(C)=C/C=C\CC)CCCCC. The maximum Gasteiger partial charge on any atom is -0.0279 e. The van der Waals surface area contributed by atoms with Crippen LogP contribution < -0.4 is 0 Å². The first kappa shape index (κ1) is 17.7. The van der Waals surface area contributed by atoms with Crippen LogP contribution in [0, 0.1) is 0 Å². The van der Waals surface area contributed by atoms with Crippen molar-refractivity contribution in [2.24, 2.45) is 0 Å². The molecule has 0 unspecified atom stereocenters. The fourth-order valence-electron chi connectivity index (χ4n) is 1.68. The lowest BCUT2D eigenvalue weighted by Gasteiger charge is -2.02. The van der Waals surface area contributed by atoms with Crippen LogP contribution >= 0.6 is 0 Å². The topological polar surface area (TPSA) is 0 Å². The van der Waals surface area contributed by atoms with E-state index in [4.69, 9.17) is 0 Å². The molecule has 106 valence electrons. The predicted octanol–water partition coefficient (Wildman–Crippen LogP) is 6.54. The van der Waals surface area contributed by atoms with Crippen LogP contribution in [0.15, 0.2) is 59.8 Å². The van der Waals surface area contributed by atoms with Crippen molar-refractivity contribution >= 4 is 0 Å². The average Bonchev–Trinajstić information content (AvgIpc) is 2.42. The third-order valence-corrected chi connectivity index (χ3v) is 3.22. The van der Waals surface area contributed by atoms with Gasteiger partial charge in [-0.05, 0) is 49.8 Å². The van der Waals surface area contributed by atoms with Gasteiger partial charge < -0.3 is 0 Å². The summed E-state index contributed by atoms with van der Waals surface area (Å²) in [7, 11) is 0. The summed E-state index contributed by atoms with van der Waals surface area (Å²) in [5.41, 5.74) is 3.97. The van der Waals surface area contributed by atoms with Gasteiger partial charge in [0, 0.05) is 0 Å². The molecule has 0 aliphatic rings. The van der Waals surface area contributed by atoms with Crippen molar-refractivity contribution in [1.82, 2.24) is 0 Å². The summed E-state index contributed by atoms with van der Waals surface area (Å²) in [6.45, 7) is 12.6. The minimum Gasteiger partial charge on any atom is -0.0988 e. The van der Waals surface area contributed by atoms with E-state index in [1.165, 1.54) is 36.0 Å². The molecule has 0 N–H and O–H groups in total. The summed E-state index contributed by atoms with van der Waals surface area (Å²) in [5.74, 6) is 0. The Morgan fingerprint density at radius 2 is 1.63 bits per heavy atom. The molecule has 0 heteroatoms. The van der Waals surface area contributed by atoms with Crippen LogP contribution in [-0.4, -0.2) is 0 Å². The van der Waals surface area contributed by atoms with E-state index in [2.05, 4.69) is 64.7 Å². The first-order chi connectivity index (χ1) is 9.15. The summed E-state index contributed by atoms with van der Waals surface area (Å²) in [4.78, 5) is 0. The van der Waals surface area contributed by atoms with Crippen LogP contribution in [0.4, 0.5) is 0 Å². The molecule has 0 aliphatic heterocycles. The molecule has 0 bridgehead atoms. The zero-order chi connectivity index (χ0) is 14.5. The highest BCUT2D eigenvalue weighted by Gasteiger charge is 1.93. The smallest absolute Gasteiger partial charge is 0.0279 e. The number of allylic oxidation sites excluding steroid dienone is 9. The number of hydrogen-bond acceptors (Lipinski definition) is 0. The van der Waals surface area contributed by atoms with E-state index in [0.717, 1.165) is 12.8 Å². The van der Waals surface area contributed by atoms with Crippen LogP contribution in [0.5, 0.6) is 0 Å². The van der Waals surface area contributed by atoms with Gasteiger partial charge in [-0.2, -0.15) is 0 Å². The molecule has 0 aromatic heterocycles. The Labute approximate surface area is 120 Å². The van der Waals surface area contributed by atoms with Crippen LogP contribution in [0.25, 0.3) is 0 Å². The molecule has 0 aromatic rings. The van der Waals surface area contributed by atoms with Crippen molar-refractivity contribution < 1.29 is 0 Å². The zero-order valence-electron chi connectivity index (χ0n) is 13.2. The highest BCUT2D eigenvalue weighted by molar-refractivity contribution is 5.35. The van der Waals surface area contributed by atoms with E-state index < -0.39 is 0 Å². The predicted molar refractivity (Wildman–Crippen MR) is 89.4 cm³/mol.